The lowest BCUT2D eigenvalue weighted by Crippen LogP contribution is -2.40. The highest BCUT2D eigenvalue weighted by atomic mass is 127. The molecule has 0 spiro atoms. The first-order chi connectivity index (χ1) is 13.4. The fraction of sp³-hybridized carbons (Fsp3) is 0.632. The number of hydrogen-bond donors (Lipinski definition) is 3. The van der Waals surface area contributed by atoms with Gasteiger partial charge in [-0.15, -0.1) is 37.1 Å². The number of para-hydroxylation sites is 1. The van der Waals surface area contributed by atoms with Crippen molar-refractivity contribution in [1.29, 1.82) is 0 Å². The van der Waals surface area contributed by atoms with Gasteiger partial charge in [-0.25, -0.2) is 4.99 Å². The van der Waals surface area contributed by atoms with E-state index in [0.29, 0.717) is 24.6 Å². The molecule has 1 heterocycles. The smallest absolute Gasteiger partial charge is 0.405 e. The van der Waals surface area contributed by atoms with Gasteiger partial charge in [0.05, 0.1) is 12.6 Å². The maximum absolute atomic E-state index is 12.5. The number of piperidine rings is 1. The van der Waals surface area contributed by atoms with E-state index < -0.39 is 6.36 Å². The summed E-state index contributed by atoms with van der Waals surface area (Å²) in [6, 6.07) is 6.01. The summed E-state index contributed by atoms with van der Waals surface area (Å²) in [5.74, 6) is 0.320. The van der Waals surface area contributed by atoms with Gasteiger partial charge < -0.3 is 25.4 Å². The molecule has 1 aliphatic heterocycles. The average molecular weight is 530 g/mol. The molecular weight excluding hydrogens is 500 g/mol. The number of aliphatic imine (C=N–C) groups is 1. The minimum atomic E-state index is -4.73. The number of alkyl halides is 3. The molecule has 0 amide bonds. The Balaban J connectivity index is 0.00000420. The van der Waals surface area contributed by atoms with Crippen LogP contribution in [-0.2, 0) is 6.54 Å². The fourth-order valence-electron chi connectivity index (χ4n) is 3.02. The van der Waals surface area contributed by atoms with Gasteiger partial charge in [-0.2, -0.15) is 0 Å². The number of aliphatic hydroxyl groups excluding tert-OH is 1. The van der Waals surface area contributed by atoms with E-state index in [1.54, 1.807) is 12.1 Å². The molecule has 1 fully saturated rings. The molecule has 10 heteroatoms. The third-order valence-corrected chi connectivity index (χ3v) is 4.45. The molecule has 0 atom stereocenters. The van der Waals surface area contributed by atoms with Gasteiger partial charge in [-0.05, 0) is 38.8 Å². The summed E-state index contributed by atoms with van der Waals surface area (Å²) in [5.41, 5.74) is 0.365. The highest BCUT2D eigenvalue weighted by Gasteiger charge is 2.31. The van der Waals surface area contributed by atoms with Crippen LogP contribution in [0.15, 0.2) is 29.3 Å². The predicted octanol–water partition coefficient (Wildman–Crippen LogP) is 3.11. The Hall–Kier alpha value is -1.27. The van der Waals surface area contributed by atoms with Crippen molar-refractivity contribution in [3.63, 3.8) is 0 Å². The summed E-state index contributed by atoms with van der Waals surface area (Å²) in [6.45, 7) is 6.10. The summed E-state index contributed by atoms with van der Waals surface area (Å²) >= 11 is 0. The molecular formula is C19H30F3IN4O2. The van der Waals surface area contributed by atoms with E-state index >= 15 is 0 Å². The van der Waals surface area contributed by atoms with Crippen molar-refractivity contribution in [1.82, 2.24) is 15.5 Å². The quantitative estimate of drug-likeness (QED) is 0.209. The van der Waals surface area contributed by atoms with Crippen LogP contribution in [-0.4, -0.2) is 61.2 Å². The van der Waals surface area contributed by atoms with E-state index in [1.807, 2.05) is 6.92 Å². The molecule has 1 saturated heterocycles. The molecule has 6 nitrogen and oxygen atoms in total. The van der Waals surface area contributed by atoms with Crippen LogP contribution in [0.1, 0.15) is 31.7 Å². The van der Waals surface area contributed by atoms with Crippen molar-refractivity contribution in [2.24, 2.45) is 4.99 Å². The summed E-state index contributed by atoms with van der Waals surface area (Å²) in [5, 5.41) is 15.8. The second-order valence-corrected chi connectivity index (χ2v) is 6.70. The van der Waals surface area contributed by atoms with Crippen LogP contribution in [0.3, 0.4) is 0 Å². The molecule has 166 valence electrons. The maximum Gasteiger partial charge on any atom is 0.573 e. The topological polar surface area (TPSA) is 69.1 Å². The van der Waals surface area contributed by atoms with Gasteiger partial charge in [-0.3, -0.25) is 0 Å². The summed E-state index contributed by atoms with van der Waals surface area (Å²) in [7, 11) is 0. The lowest BCUT2D eigenvalue weighted by molar-refractivity contribution is -0.274. The second-order valence-electron chi connectivity index (χ2n) is 6.70. The van der Waals surface area contributed by atoms with Crippen molar-refractivity contribution in [2.75, 3.05) is 32.7 Å². The van der Waals surface area contributed by atoms with E-state index in [9.17, 15) is 18.3 Å². The SMILES string of the molecule is CCNC(=NCc1ccccc1OC(F)(F)F)NCCCN1CCC(O)CC1.I. The molecule has 0 aromatic heterocycles. The van der Waals surface area contributed by atoms with Crippen molar-refractivity contribution in [3.05, 3.63) is 29.8 Å². The number of guanidine groups is 1. The predicted molar refractivity (Wildman–Crippen MR) is 118 cm³/mol. The standard InChI is InChI=1S/C19H29F3N4O2.HI/c1-2-23-18(24-10-5-11-26-12-8-16(27)9-13-26)25-14-15-6-3-4-7-17(15)28-19(20,21)22;/h3-4,6-7,16,27H,2,5,8-14H2,1H3,(H2,23,24,25);1H. The van der Waals surface area contributed by atoms with Crippen molar-refractivity contribution >= 4 is 29.9 Å². The van der Waals surface area contributed by atoms with Crippen LogP contribution < -0.4 is 15.4 Å². The van der Waals surface area contributed by atoms with E-state index in [2.05, 4.69) is 25.3 Å². The van der Waals surface area contributed by atoms with Gasteiger partial charge >= 0.3 is 6.36 Å². The largest absolute Gasteiger partial charge is 0.573 e. The molecule has 3 N–H and O–H groups in total. The maximum atomic E-state index is 12.5. The van der Waals surface area contributed by atoms with Gasteiger partial charge in [-0.1, -0.05) is 18.2 Å². The molecule has 0 aliphatic carbocycles. The highest BCUT2D eigenvalue weighted by molar-refractivity contribution is 14.0. The molecule has 0 saturated carbocycles. The van der Waals surface area contributed by atoms with Crippen molar-refractivity contribution in [3.8, 4) is 5.75 Å². The second kappa shape index (κ2) is 13.1. The number of rotatable bonds is 8. The molecule has 1 aromatic carbocycles. The zero-order valence-electron chi connectivity index (χ0n) is 16.5. The number of hydrogen-bond acceptors (Lipinski definition) is 4. The van der Waals surface area contributed by atoms with Gasteiger partial charge in [0.2, 0.25) is 0 Å². The van der Waals surface area contributed by atoms with E-state index in [4.69, 9.17) is 0 Å². The van der Waals surface area contributed by atoms with Crippen LogP contribution in [0.4, 0.5) is 13.2 Å². The fourth-order valence-corrected chi connectivity index (χ4v) is 3.02. The summed E-state index contributed by atoms with van der Waals surface area (Å²) in [6.07, 6.45) is -2.36. The number of halogens is 4. The average Bonchev–Trinajstić information content (AvgIpc) is 2.64. The van der Waals surface area contributed by atoms with Gasteiger partial charge in [0.25, 0.3) is 0 Å². The molecule has 1 aliphatic rings. The van der Waals surface area contributed by atoms with Crippen LogP contribution in [0.5, 0.6) is 5.75 Å². The molecule has 0 radical (unpaired) electrons. The Bertz CT molecular complexity index is 624. The van der Waals surface area contributed by atoms with Crippen LogP contribution in [0.2, 0.25) is 0 Å². The molecule has 2 rings (SSSR count). The van der Waals surface area contributed by atoms with Gasteiger partial charge in [0.15, 0.2) is 5.96 Å². The number of benzene rings is 1. The Morgan fingerprint density at radius 1 is 1.24 bits per heavy atom. The van der Waals surface area contributed by atoms with Gasteiger partial charge in [0.1, 0.15) is 5.75 Å². The lowest BCUT2D eigenvalue weighted by atomic mass is 10.1. The Morgan fingerprint density at radius 3 is 2.59 bits per heavy atom. The zero-order valence-corrected chi connectivity index (χ0v) is 18.9. The first-order valence-corrected chi connectivity index (χ1v) is 9.63. The number of nitrogens with zero attached hydrogens (tertiary/aromatic N) is 2. The minimum absolute atomic E-state index is 0. The minimum Gasteiger partial charge on any atom is -0.405 e. The van der Waals surface area contributed by atoms with E-state index in [1.165, 1.54) is 12.1 Å². The lowest BCUT2D eigenvalue weighted by Gasteiger charge is -2.29. The number of ether oxygens (including phenoxy) is 1. The third kappa shape index (κ3) is 10.4. The number of likely N-dealkylation sites (tertiary alicyclic amines) is 1. The Labute approximate surface area is 186 Å². The first-order valence-electron chi connectivity index (χ1n) is 9.63. The van der Waals surface area contributed by atoms with E-state index in [-0.39, 0.29) is 42.4 Å². The van der Waals surface area contributed by atoms with Crippen LogP contribution in [0, 0.1) is 0 Å². The van der Waals surface area contributed by atoms with Crippen LogP contribution >= 0.6 is 24.0 Å². The van der Waals surface area contributed by atoms with Crippen molar-refractivity contribution in [2.45, 2.75) is 45.2 Å². The molecule has 1 aromatic rings. The monoisotopic (exact) mass is 530 g/mol. The number of aliphatic hydroxyl groups is 1. The molecule has 0 unspecified atom stereocenters. The Kier molecular flexibility index (Phi) is 11.7. The molecule has 29 heavy (non-hydrogen) atoms. The Morgan fingerprint density at radius 2 is 1.93 bits per heavy atom. The third-order valence-electron chi connectivity index (χ3n) is 4.45. The highest BCUT2D eigenvalue weighted by Crippen LogP contribution is 2.26. The van der Waals surface area contributed by atoms with Gasteiger partial charge in [0, 0.05) is 31.7 Å². The van der Waals surface area contributed by atoms with Crippen LogP contribution in [0.25, 0.3) is 0 Å². The summed E-state index contributed by atoms with van der Waals surface area (Å²) in [4.78, 5) is 6.69. The number of nitrogens with one attached hydrogen (secondary N) is 2. The van der Waals surface area contributed by atoms with E-state index in [0.717, 1.165) is 38.9 Å². The first kappa shape index (κ1) is 25.8. The van der Waals surface area contributed by atoms with Crippen molar-refractivity contribution < 1.29 is 23.0 Å². The zero-order chi connectivity index (χ0) is 20.4. The molecule has 0 bridgehead atoms. The normalized spacial score (nSPS) is 16.2. The summed E-state index contributed by atoms with van der Waals surface area (Å²) < 4.78 is 41.6.